The Morgan fingerprint density at radius 2 is 1.78 bits per heavy atom. The fourth-order valence-electron chi connectivity index (χ4n) is 3.20. The minimum Gasteiger partial charge on any atom is -0.493 e. The Balaban J connectivity index is 1.51. The number of nitrogens with zero attached hydrogens (tertiary/aromatic N) is 2. The van der Waals surface area contributed by atoms with Crippen molar-refractivity contribution in [3.05, 3.63) is 53.0 Å². The molecule has 1 aromatic heterocycles. The van der Waals surface area contributed by atoms with Crippen molar-refractivity contribution in [1.29, 1.82) is 5.26 Å². The highest BCUT2D eigenvalue weighted by Gasteiger charge is 2.16. The van der Waals surface area contributed by atoms with Gasteiger partial charge in [-0.25, -0.2) is 0 Å². The molecule has 0 amide bonds. The first-order chi connectivity index (χ1) is 15.6. The number of hydrogen-bond donors (Lipinski definition) is 1. The van der Waals surface area contributed by atoms with Crippen molar-refractivity contribution in [2.45, 2.75) is 6.54 Å². The van der Waals surface area contributed by atoms with E-state index in [0.717, 1.165) is 11.1 Å². The maximum Gasteiger partial charge on any atom is 0.232 e. The average molecular weight is 435 g/mol. The maximum absolute atomic E-state index is 9.42. The number of methoxy groups -OCH3 is 3. The lowest BCUT2D eigenvalue weighted by atomic mass is 10.1. The summed E-state index contributed by atoms with van der Waals surface area (Å²) >= 11 is 0. The molecule has 4 rings (SSSR count). The molecule has 0 atom stereocenters. The van der Waals surface area contributed by atoms with Gasteiger partial charge in [0, 0.05) is 12.6 Å². The number of nitriles is 1. The van der Waals surface area contributed by atoms with Gasteiger partial charge in [-0.05, 0) is 41.5 Å². The highest BCUT2D eigenvalue weighted by molar-refractivity contribution is 5.71. The molecule has 32 heavy (non-hydrogen) atoms. The number of nitrogens with one attached hydrogen (secondary N) is 1. The van der Waals surface area contributed by atoms with Gasteiger partial charge in [0.05, 0.1) is 21.3 Å². The Morgan fingerprint density at radius 3 is 2.47 bits per heavy atom. The monoisotopic (exact) mass is 435 g/mol. The quantitative estimate of drug-likeness (QED) is 0.560. The van der Waals surface area contributed by atoms with E-state index in [0.29, 0.717) is 35.3 Å². The van der Waals surface area contributed by atoms with E-state index >= 15 is 0 Å². The van der Waals surface area contributed by atoms with Crippen molar-refractivity contribution < 1.29 is 28.1 Å². The molecule has 9 nitrogen and oxygen atoms in total. The van der Waals surface area contributed by atoms with E-state index in [1.807, 2.05) is 24.3 Å². The second-order valence-electron chi connectivity index (χ2n) is 6.67. The minimum absolute atomic E-state index is 0.162. The molecule has 0 saturated heterocycles. The molecular formula is C23H21N3O6. The number of fused-ring (bicyclic) bond motifs is 1. The van der Waals surface area contributed by atoms with Gasteiger partial charge in [-0.1, -0.05) is 6.07 Å². The van der Waals surface area contributed by atoms with E-state index in [1.165, 1.54) is 0 Å². The molecule has 164 valence electrons. The van der Waals surface area contributed by atoms with Gasteiger partial charge in [-0.2, -0.15) is 10.2 Å². The van der Waals surface area contributed by atoms with Gasteiger partial charge in [0.25, 0.3) is 0 Å². The van der Waals surface area contributed by atoms with E-state index in [2.05, 4.69) is 10.3 Å². The summed E-state index contributed by atoms with van der Waals surface area (Å²) in [5, 5.41) is 12.5. The SMILES string of the molecule is COc1cc(C=Cc2nc(C#N)c(NCc3ccc4c(c3)OCO4)o2)cc(OC)c1OC. The summed E-state index contributed by atoms with van der Waals surface area (Å²) in [7, 11) is 4.65. The molecule has 2 aromatic carbocycles. The molecular weight excluding hydrogens is 414 g/mol. The lowest BCUT2D eigenvalue weighted by molar-refractivity contribution is 0.174. The lowest BCUT2D eigenvalue weighted by Gasteiger charge is -2.12. The molecule has 1 N–H and O–H groups in total. The molecule has 0 spiro atoms. The van der Waals surface area contributed by atoms with Crippen LogP contribution in [0, 0.1) is 11.3 Å². The molecule has 0 aliphatic carbocycles. The Bertz CT molecular complexity index is 1170. The summed E-state index contributed by atoms with van der Waals surface area (Å²) < 4.78 is 32.5. The molecule has 2 heterocycles. The van der Waals surface area contributed by atoms with Gasteiger partial charge >= 0.3 is 0 Å². The zero-order valence-electron chi connectivity index (χ0n) is 17.8. The second kappa shape index (κ2) is 9.22. The predicted molar refractivity (Wildman–Crippen MR) is 116 cm³/mol. The molecule has 3 aromatic rings. The number of hydrogen-bond acceptors (Lipinski definition) is 9. The third kappa shape index (κ3) is 4.25. The van der Waals surface area contributed by atoms with E-state index in [-0.39, 0.29) is 24.3 Å². The summed E-state index contributed by atoms with van der Waals surface area (Å²) in [5.74, 6) is 3.54. The lowest BCUT2D eigenvalue weighted by Crippen LogP contribution is -1.99. The van der Waals surface area contributed by atoms with E-state index in [4.69, 9.17) is 28.1 Å². The van der Waals surface area contributed by atoms with Crippen LogP contribution in [-0.4, -0.2) is 33.1 Å². The van der Waals surface area contributed by atoms with Crippen molar-refractivity contribution >= 4 is 18.0 Å². The Labute approximate surface area is 184 Å². The highest BCUT2D eigenvalue weighted by atomic mass is 16.7. The summed E-state index contributed by atoms with van der Waals surface area (Å²) in [5.41, 5.74) is 1.89. The summed E-state index contributed by atoms with van der Waals surface area (Å²) in [6.45, 7) is 0.644. The first kappa shape index (κ1) is 20.9. The topological polar surface area (TPSA) is 108 Å². The molecule has 1 aliphatic rings. The van der Waals surface area contributed by atoms with Gasteiger partial charge in [-0.3, -0.25) is 0 Å². The Kier molecular flexibility index (Phi) is 6.03. The van der Waals surface area contributed by atoms with Crippen molar-refractivity contribution in [1.82, 2.24) is 4.98 Å². The second-order valence-corrected chi connectivity index (χ2v) is 6.67. The van der Waals surface area contributed by atoms with E-state index in [1.54, 1.807) is 45.6 Å². The molecule has 0 unspecified atom stereocenters. The Morgan fingerprint density at radius 1 is 1.03 bits per heavy atom. The number of anilines is 1. The van der Waals surface area contributed by atoms with Gasteiger partial charge in [-0.15, -0.1) is 0 Å². The zero-order valence-corrected chi connectivity index (χ0v) is 17.8. The first-order valence-electron chi connectivity index (χ1n) is 9.66. The van der Waals surface area contributed by atoms with Crippen LogP contribution in [0.4, 0.5) is 5.88 Å². The maximum atomic E-state index is 9.42. The zero-order chi connectivity index (χ0) is 22.5. The number of benzene rings is 2. The molecule has 9 heteroatoms. The van der Waals surface area contributed by atoms with Crippen molar-refractivity contribution in [3.63, 3.8) is 0 Å². The number of rotatable bonds is 8. The van der Waals surface area contributed by atoms with Crippen LogP contribution in [0.5, 0.6) is 28.7 Å². The predicted octanol–water partition coefficient (Wildman–Crippen LogP) is 4.08. The van der Waals surface area contributed by atoms with Crippen LogP contribution >= 0.6 is 0 Å². The molecule has 0 bridgehead atoms. The van der Waals surface area contributed by atoms with Gasteiger partial charge in [0.2, 0.25) is 30.0 Å². The van der Waals surface area contributed by atoms with E-state index in [9.17, 15) is 5.26 Å². The van der Waals surface area contributed by atoms with Crippen LogP contribution in [0.3, 0.4) is 0 Å². The highest BCUT2D eigenvalue weighted by Crippen LogP contribution is 2.38. The van der Waals surface area contributed by atoms with Gasteiger partial charge in [0.15, 0.2) is 23.0 Å². The van der Waals surface area contributed by atoms with Crippen molar-refractivity contribution in [2.24, 2.45) is 0 Å². The largest absolute Gasteiger partial charge is 0.493 e. The van der Waals surface area contributed by atoms with Crippen LogP contribution < -0.4 is 29.0 Å². The van der Waals surface area contributed by atoms with E-state index < -0.39 is 0 Å². The number of oxazole rings is 1. The van der Waals surface area contributed by atoms with Crippen LogP contribution in [0.1, 0.15) is 22.7 Å². The number of aromatic nitrogens is 1. The van der Waals surface area contributed by atoms with Crippen LogP contribution in [0.2, 0.25) is 0 Å². The normalized spacial score (nSPS) is 11.9. The van der Waals surface area contributed by atoms with Crippen molar-refractivity contribution in [2.75, 3.05) is 33.4 Å². The van der Waals surface area contributed by atoms with Crippen molar-refractivity contribution in [3.8, 4) is 34.8 Å². The molecule has 0 fully saturated rings. The standard InChI is InChI=1S/C23H21N3O6/c1-27-19-8-14(9-20(28-2)22(19)29-3)5-7-21-26-16(11-24)23(32-21)25-12-15-4-6-17-18(10-15)31-13-30-17/h4-10,25H,12-13H2,1-3H3. The van der Waals surface area contributed by atoms with Gasteiger partial charge < -0.3 is 33.4 Å². The number of ether oxygens (including phenoxy) is 5. The molecule has 0 radical (unpaired) electrons. The fraction of sp³-hybridized carbons (Fsp3) is 0.217. The Hall–Kier alpha value is -4.32. The summed E-state index contributed by atoms with van der Waals surface area (Å²) in [6.07, 6.45) is 3.44. The minimum atomic E-state index is 0.162. The first-order valence-corrected chi connectivity index (χ1v) is 9.66. The molecule has 0 saturated carbocycles. The molecule has 1 aliphatic heterocycles. The summed E-state index contributed by atoms with van der Waals surface area (Å²) in [6, 6.07) is 11.3. The van der Waals surface area contributed by atoms with Crippen LogP contribution in [0.15, 0.2) is 34.7 Å². The third-order valence-electron chi connectivity index (χ3n) is 4.75. The van der Waals surface area contributed by atoms with Crippen LogP contribution in [0.25, 0.3) is 12.2 Å². The smallest absolute Gasteiger partial charge is 0.232 e. The fourth-order valence-corrected chi connectivity index (χ4v) is 3.20. The van der Waals surface area contributed by atoms with Gasteiger partial charge in [0.1, 0.15) is 6.07 Å². The summed E-state index contributed by atoms with van der Waals surface area (Å²) in [4.78, 5) is 4.22. The third-order valence-corrected chi connectivity index (χ3v) is 4.75. The van der Waals surface area contributed by atoms with Crippen LogP contribution in [-0.2, 0) is 6.54 Å². The average Bonchev–Trinajstić information content (AvgIpc) is 3.46.